The molecule has 0 radical (unpaired) electrons. The fraction of sp³-hybridized carbons (Fsp3) is 0.545. The van der Waals surface area contributed by atoms with Crippen molar-refractivity contribution in [1.29, 1.82) is 0 Å². The minimum absolute atomic E-state index is 0.445. The zero-order valence-electron chi connectivity index (χ0n) is 9.91. The van der Waals surface area contributed by atoms with Crippen LogP contribution in [0.15, 0.2) is 6.33 Å². The van der Waals surface area contributed by atoms with Crippen molar-refractivity contribution in [2.45, 2.75) is 39.7 Å². The number of aryl methyl sites for hydroxylation is 1. The molecule has 2 N–H and O–H groups in total. The average Bonchev–Trinajstić information content (AvgIpc) is 2.73. The lowest BCUT2D eigenvalue weighted by Gasteiger charge is -2.15. The van der Waals surface area contributed by atoms with Crippen LogP contribution in [0.5, 0.6) is 0 Å². The van der Waals surface area contributed by atoms with Gasteiger partial charge in [-0.25, -0.2) is 15.0 Å². The molecule has 0 aliphatic carbocycles. The van der Waals surface area contributed by atoms with E-state index in [4.69, 9.17) is 0 Å². The van der Waals surface area contributed by atoms with Crippen LogP contribution in [0.4, 0.5) is 5.82 Å². The van der Waals surface area contributed by atoms with Gasteiger partial charge in [-0.15, -0.1) is 0 Å². The van der Waals surface area contributed by atoms with Gasteiger partial charge in [0.05, 0.1) is 6.33 Å². The molecule has 5 heteroatoms. The van der Waals surface area contributed by atoms with E-state index in [2.05, 4.69) is 39.1 Å². The van der Waals surface area contributed by atoms with E-state index < -0.39 is 0 Å². The fourth-order valence-corrected chi connectivity index (χ4v) is 1.73. The van der Waals surface area contributed by atoms with Gasteiger partial charge < -0.3 is 10.3 Å². The highest BCUT2D eigenvalue weighted by Crippen LogP contribution is 2.18. The molecule has 0 amide bonds. The number of nitrogens with zero attached hydrogens (tertiary/aromatic N) is 3. The quantitative estimate of drug-likeness (QED) is 0.827. The molecule has 2 aromatic rings. The van der Waals surface area contributed by atoms with E-state index in [0.717, 1.165) is 35.6 Å². The summed E-state index contributed by atoms with van der Waals surface area (Å²) in [6, 6.07) is 0.445. The van der Waals surface area contributed by atoms with Crippen LogP contribution < -0.4 is 5.32 Å². The first-order valence-corrected chi connectivity index (χ1v) is 5.68. The number of hydrogen-bond donors (Lipinski definition) is 2. The minimum Gasteiger partial charge on any atom is -0.365 e. The van der Waals surface area contributed by atoms with Crippen LogP contribution >= 0.6 is 0 Å². The summed E-state index contributed by atoms with van der Waals surface area (Å²) < 4.78 is 0. The summed E-state index contributed by atoms with van der Waals surface area (Å²) in [5, 5.41) is 3.43. The van der Waals surface area contributed by atoms with E-state index in [1.807, 2.05) is 6.92 Å². The zero-order chi connectivity index (χ0) is 11.5. The molecule has 0 saturated carbocycles. The molecule has 0 aromatic carbocycles. The molecule has 86 valence electrons. The predicted octanol–water partition coefficient (Wildman–Crippen LogP) is 2.26. The van der Waals surface area contributed by atoms with Crippen LogP contribution in [-0.4, -0.2) is 26.0 Å². The lowest BCUT2D eigenvalue weighted by molar-refractivity contribution is 0.668. The van der Waals surface area contributed by atoms with Crippen molar-refractivity contribution in [3.63, 3.8) is 0 Å². The van der Waals surface area contributed by atoms with Crippen molar-refractivity contribution >= 4 is 17.0 Å². The first kappa shape index (κ1) is 10.9. The monoisotopic (exact) mass is 219 g/mol. The second-order valence-electron chi connectivity index (χ2n) is 3.88. The highest BCUT2D eigenvalue weighted by Gasteiger charge is 2.10. The Kier molecular flexibility index (Phi) is 3.03. The van der Waals surface area contributed by atoms with Gasteiger partial charge in [-0.1, -0.05) is 13.8 Å². The van der Waals surface area contributed by atoms with E-state index in [1.54, 1.807) is 6.33 Å². The molecule has 0 fully saturated rings. The number of imidazole rings is 1. The average molecular weight is 219 g/mol. The van der Waals surface area contributed by atoms with E-state index in [1.165, 1.54) is 0 Å². The number of H-pyrrole nitrogens is 1. The van der Waals surface area contributed by atoms with Crippen LogP contribution in [0, 0.1) is 6.92 Å². The molecular formula is C11H17N5. The Morgan fingerprint density at radius 2 is 2.06 bits per heavy atom. The Hall–Kier alpha value is -1.65. The molecule has 16 heavy (non-hydrogen) atoms. The number of aromatic nitrogens is 4. The van der Waals surface area contributed by atoms with Crippen LogP contribution in [0.3, 0.4) is 0 Å². The summed E-state index contributed by atoms with van der Waals surface area (Å²) in [7, 11) is 0. The Balaban J connectivity index is 2.38. The summed E-state index contributed by atoms with van der Waals surface area (Å²) in [5.41, 5.74) is 1.61. The number of fused-ring (bicyclic) bond motifs is 1. The number of anilines is 1. The van der Waals surface area contributed by atoms with Crippen LogP contribution in [0.1, 0.15) is 32.5 Å². The van der Waals surface area contributed by atoms with Crippen molar-refractivity contribution in [3.05, 3.63) is 12.2 Å². The Morgan fingerprint density at radius 3 is 2.75 bits per heavy atom. The van der Waals surface area contributed by atoms with E-state index in [-0.39, 0.29) is 0 Å². The van der Waals surface area contributed by atoms with Gasteiger partial charge in [0.1, 0.15) is 11.3 Å². The van der Waals surface area contributed by atoms with Gasteiger partial charge in [0.2, 0.25) is 0 Å². The third-order valence-electron chi connectivity index (χ3n) is 2.72. The maximum Gasteiger partial charge on any atom is 0.183 e. The molecule has 0 aliphatic rings. The highest BCUT2D eigenvalue weighted by atomic mass is 15.1. The summed E-state index contributed by atoms with van der Waals surface area (Å²) >= 11 is 0. The summed E-state index contributed by atoms with van der Waals surface area (Å²) in [4.78, 5) is 15.9. The second-order valence-corrected chi connectivity index (χ2v) is 3.88. The number of rotatable bonds is 4. The molecule has 0 atom stereocenters. The molecule has 5 nitrogen and oxygen atoms in total. The van der Waals surface area contributed by atoms with Crippen molar-refractivity contribution in [2.24, 2.45) is 0 Å². The van der Waals surface area contributed by atoms with Gasteiger partial charge >= 0.3 is 0 Å². The molecule has 2 aromatic heterocycles. The molecule has 0 bridgehead atoms. The van der Waals surface area contributed by atoms with Crippen molar-refractivity contribution in [3.8, 4) is 0 Å². The smallest absolute Gasteiger partial charge is 0.183 e. The lowest BCUT2D eigenvalue weighted by Crippen LogP contribution is -2.18. The SMILES string of the molecule is CCC(CC)Nc1nc(C)nc2nc[nH]c12. The number of hydrogen-bond acceptors (Lipinski definition) is 4. The predicted molar refractivity (Wildman–Crippen MR) is 64.4 cm³/mol. The Bertz CT molecular complexity index is 472. The third kappa shape index (κ3) is 1.98. The largest absolute Gasteiger partial charge is 0.365 e. The maximum absolute atomic E-state index is 4.42. The highest BCUT2D eigenvalue weighted by molar-refractivity contribution is 5.82. The topological polar surface area (TPSA) is 66.5 Å². The molecule has 0 aliphatic heterocycles. The summed E-state index contributed by atoms with van der Waals surface area (Å²) in [6.07, 6.45) is 3.81. The normalized spacial score (nSPS) is 11.2. The van der Waals surface area contributed by atoms with Crippen molar-refractivity contribution in [2.75, 3.05) is 5.32 Å². The van der Waals surface area contributed by atoms with E-state index >= 15 is 0 Å². The number of nitrogens with one attached hydrogen (secondary N) is 2. The maximum atomic E-state index is 4.42. The van der Waals surface area contributed by atoms with E-state index in [9.17, 15) is 0 Å². The zero-order valence-corrected chi connectivity index (χ0v) is 9.91. The first-order chi connectivity index (χ1) is 7.74. The van der Waals surface area contributed by atoms with Gasteiger partial charge in [-0.05, 0) is 19.8 Å². The van der Waals surface area contributed by atoms with Crippen LogP contribution in [0.2, 0.25) is 0 Å². The van der Waals surface area contributed by atoms with Crippen molar-refractivity contribution in [1.82, 2.24) is 19.9 Å². The second kappa shape index (κ2) is 4.47. The molecule has 2 heterocycles. The van der Waals surface area contributed by atoms with Gasteiger partial charge in [0, 0.05) is 6.04 Å². The van der Waals surface area contributed by atoms with Crippen molar-refractivity contribution < 1.29 is 0 Å². The molecule has 0 unspecified atom stereocenters. The molecule has 0 saturated heterocycles. The summed E-state index contributed by atoms with van der Waals surface area (Å²) in [5.74, 6) is 1.60. The fourth-order valence-electron chi connectivity index (χ4n) is 1.73. The van der Waals surface area contributed by atoms with Gasteiger partial charge in [-0.3, -0.25) is 0 Å². The molecular weight excluding hydrogens is 202 g/mol. The van der Waals surface area contributed by atoms with Gasteiger partial charge in [0.25, 0.3) is 0 Å². The lowest BCUT2D eigenvalue weighted by atomic mass is 10.2. The number of aromatic amines is 1. The van der Waals surface area contributed by atoms with Crippen LogP contribution in [0.25, 0.3) is 11.2 Å². The van der Waals surface area contributed by atoms with Gasteiger partial charge in [-0.2, -0.15) is 0 Å². The first-order valence-electron chi connectivity index (χ1n) is 5.68. The van der Waals surface area contributed by atoms with Crippen LogP contribution in [-0.2, 0) is 0 Å². The Labute approximate surface area is 94.7 Å². The van der Waals surface area contributed by atoms with Gasteiger partial charge in [0.15, 0.2) is 11.5 Å². The Morgan fingerprint density at radius 1 is 1.31 bits per heavy atom. The summed E-state index contributed by atoms with van der Waals surface area (Å²) in [6.45, 7) is 6.21. The minimum atomic E-state index is 0.445. The molecule has 0 spiro atoms. The standard InChI is InChI=1S/C11H17N5/c1-4-8(5-2)16-11-9-10(13-6-12-9)14-7(3)15-11/h6,8H,4-5H2,1-3H3,(H2,12,13,14,15,16). The molecule has 2 rings (SSSR count). The van der Waals surface area contributed by atoms with E-state index in [0.29, 0.717) is 6.04 Å². The third-order valence-corrected chi connectivity index (χ3v) is 2.72.